The number of hydrogen-bond acceptors (Lipinski definition) is 5. The first-order valence-electron chi connectivity index (χ1n) is 5.81. The molecular weight excluding hydrogens is 274 g/mol. The number of benzene rings is 1. The summed E-state index contributed by atoms with van der Waals surface area (Å²) in [5, 5.41) is 0.920. The lowest BCUT2D eigenvalue weighted by Crippen LogP contribution is -1.81. The minimum absolute atomic E-state index is 0.832. The van der Waals surface area contributed by atoms with Crippen LogP contribution in [-0.4, -0.2) is 15.0 Å². The summed E-state index contributed by atoms with van der Waals surface area (Å²) in [6.45, 7) is 0. The van der Waals surface area contributed by atoms with Crippen LogP contribution >= 0.6 is 23.1 Å². The van der Waals surface area contributed by atoms with Crippen molar-refractivity contribution < 1.29 is 0 Å². The van der Waals surface area contributed by atoms with E-state index >= 15 is 0 Å². The first-order valence-corrected chi connectivity index (χ1v) is 7.61. The molecule has 2 heterocycles. The molecule has 0 aliphatic rings. The minimum Gasteiger partial charge on any atom is -0.261 e. The number of thiazole rings is 1. The Hall–Kier alpha value is -1.72. The molecule has 0 unspecified atom stereocenters. The summed E-state index contributed by atoms with van der Waals surface area (Å²) in [6, 6.07) is 10.4. The molecule has 5 heteroatoms. The van der Waals surface area contributed by atoms with Crippen molar-refractivity contribution in [3.05, 3.63) is 60.7 Å². The van der Waals surface area contributed by atoms with Crippen LogP contribution in [0.3, 0.4) is 0 Å². The van der Waals surface area contributed by atoms with Crippen molar-refractivity contribution >= 4 is 23.1 Å². The molecule has 0 N–H and O–H groups in total. The standard InChI is InChI=1S/C14H11N3S2/c1-2-4-11(5-3-1)10-18-13-9-17-14(19-13)12-8-15-6-7-16-12/h1-9H,10H2. The lowest BCUT2D eigenvalue weighted by atomic mass is 10.2. The van der Waals surface area contributed by atoms with Gasteiger partial charge in [-0.2, -0.15) is 0 Å². The zero-order valence-corrected chi connectivity index (χ0v) is 11.7. The lowest BCUT2D eigenvalue weighted by Gasteiger charge is -1.97. The van der Waals surface area contributed by atoms with Crippen LogP contribution < -0.4 is 0 Å². The molecule has 0 radical (unpaired) electrons. The largest absolute Gasteiger partial charge is 0.261 e. The summed E-state index contributed by atoms with van der Waals surface area (Å²) in [5.74, 6) is 0.961. The van der Waals surface area contributed by atoms with Crippen molar-refractivity contribution in [3.63, 3.8) is 0 Å². The van der Waals surface area contributed by atoms with Crippen LogP contribution in [0.15, 0.2) is 59.3 Å². The number of rotatable bonds is 4. The summed E-state index contributed by atoms with van der Waals surface area (Å²) < 4.78 is 1.20. The second-order valence-electron chi connectivity index (χ2n) is 3.85. The Balaban J connectivity index is 1.69. The molecule has 94 valence electrons. The highest BCUT2D eigenvalue weighted by Crippen LogP contribution is 2.31. The number of aromatic nitrogens is 3. The van der Waals surface area contributed by atoms with E-state index in [2.05, 4.69) is 39.2 Å². The quantitative estimate of drug-likeness (QED) is 0.682. The Morgan fingerprint density at radius 2 is 1.89 bits per heavy atom. The molecule has 0 aliphatic heterocycles. The van der Waals surface area contributed by atoms with Gasteiger partial charge in [0.2, 0.25) is 0 Å². The second-order valence-corrected chi connectivity index (χ2v) is 6.16. The highest BCUT2D eigenvalue weighted by molar-refractivity contribution is 8.00. The van der Waals surface area contributed by atoms with Gasteiger partial charge in [0.15, 0.2) is 0 Å². The van der Waals surface area contributed by atoms with E-state index in [-0.39, 0.29) is 0 Å². The highest BCUT2D eigenvalue weighted by Gasteiger charge is 2.06. The van der Waals surface area contributed by atoms with Gasteiger partial charge in [-0.05, 0) is 5.56 Å². The molecular formula is C14H11N3S2. The summed E-state index contributed by atoms with van der Waals surface area (Å²) in [5.41, 5.74) is 2.15. The van der Waals surface area contributed by atoms with Crippen molar-refractivity contribution in [3.8, 4) is 10.7 Å². The molecule has 1 aromatic carbocycles. The van der Waals surface area contributed by atoms with E-state index < -0.39 is 0 Å². The average molecular weight is 285 g/mol. The molecule has 0 aliphatic carbocycles. The fraction of sp³-hybridized carbons (Fsp3) is 0.0714. The first kappa shape index (κ1) is 12.3. The van der Waals surface area contributed by atoms with Crippen LogP contribution in [0.1, 0.15) is 5.56 Å². The van der Waals surface area contributed by atoms with Crippen molar-refractivity contribution in [2.75, 3.05) is 0 Å². The van der Waals surface area contributed by atoms with E-state index in [9.17, 15) is 0 Å². The summed E-state index contributed by atoms with van der Waals surface area (Å²) >= 11 is 3.45. The molecule has 3 aromatic rings. The molecule has 0 atom stereocenters. The van der Waals surface area contributed by atoms with Crippen LogP contribution in [0.5, 0.6) is 0 Å². The molecule has 0 saturated heterocycles. The van der Waals surface area contributed by atoms with Crippen molar-refractivity contribution in [2.45, 2.75) is 9.96 Å². The van der Waals surface area contributed by atoms with Crippen LogP contribution in [0.2, 0.25) is 0 Å². The smallest absolute Gasteiger partial charge is 0.144 e. The predicted molar refractivity (Wildman–Crippen MR) is 79.1 cm³/mol. The molecule has 3 nitrogen and oxygen atoms in total. The van der Waals surface area contributed by atoms with E-state index in [1.807, 2.05) is 12.3 Å². The number of hydrogen-bond donors (Lipinski definition) is 0. The van der Waals surface area contributed by atoms with E-state index in [0.29, 0.717) is 0 Å². The van der Waals surface area contributed by atoms with E-state index in [1.165, 1.54) is 9.77 Å². The summed E-state index contributed by atoms with van der Waals surface area (Å²) in [4.78, 5) is 12.7. The third kappa shape index (κ3) is 3.19. The summed E-state index contributed by atoms with van der Waals surface area (Å²) in [7, 11) is 0. The van der Waals surface area contributed by atoms with E-state index in [1.54, 1.807) is 41.7 Å². The van der Waals surface area contributed by atoms with Crippen LogP contribution in [0, 0.1) is 0 Å². The van der Waals surface area contributed by atoms with Gasteiger partial charge in [-0.3, -0.25) is 9.97 Å². The van der Waals surface area contributed by atoms with Gasteiger partial charge < -0.3 is 0 Å². The third-order valence-electron chi connectivity index (χ3n) is 2.49. The van der Waals surface area contributed by atoms with Gasteiger partial charge in [0.05, 0.1) is 16.6 Å². The Bertz CT molecular complexity index is 638. The lowest BCUT2D eigenvalue weighted by molar-refractivity contribution is 1.19. The highest BCUT2D eigenvalue weighted by atomic mass is 32.2. The van der Waals surface area contributed by atoms with Crippen molar-refractivity contribution in [1.29, 1.82) is 0 Å². The molecule has 0 saturated carbocycles. The first-order chi connectivity index (χ1) is 9.42. The van der Waals surface area contributed by atoms with Gasteiger partial charge in [-0.15, -0.1) is 23.1 Å². The molecule has 0 fully saturated rings. The van der Waals surface area contributed by atoms with E-state index in [4.69, 9.17) is 0 Å². The van der Waals surface area contributed by atoms with E-state index in [0.717, 1.165) is 16.5 Å². The second kappa shape index (κ2) is 5.95. The Labute approximate surface area is 119 Å². The average Bonchev–Trinajstić information content (AvgIpc) is 2.96. The molecule has 0 amide bonds. The van der Waals surface area contributed by atoms with Gasteiger partial charge >= 0.3 is 0 Å². The molecule has 0 spiro atoms. The van der Waals surface area contributed by atoms with Gasteiger partial charge in [-0.25, -0.2) is 4.98 Å². The molecule has 19 heavy (non-hydrogen) atoms. The van der Waals surface area contributed by atoms with Gasteiger partial charge in [0, 0.05) is 18.1 Å². The zero-order valence-electron chi connectivity index (χ0n) is 10.1. The number of thioether (sulfide) groups is 1. The maximum atomic E-state index is 4.39. The Morgan fingerprint density at radius 1 is 1.00 bits per heavy atom. The molecule has 0 bridgehead atoms. The maximum absolute atomic E-state index is 4.39. The zero-order chi connectivity index (χ0) is 12.9. The third-order valence-corrected chi connectivity index (χ3v) is 4.78. The molecule has 2 aromatic heterocycles. The van der Waals surface area contributed by atoms with Crippen LogP contribution in [0.4, 0.5) is 0 Å². The van der Waals surface area contributed by atoms with Gasteiger partial charge in [0.1, 0.15) is 10.7 Å². The normalized spacial score (nSPS) is 10.5. The van der Waals surface area contributed by atoms with Gasteiger partial charge in [-0.1, -0.05) is 30.3 Å². The minimum atomic E-state index is 0.832. The fourth-order valence-electron chi connectivity index (χ4n) is 1.58. The van der Waals surface area contributed by atoms with Crippen molar-refractivity contribution in [1.82, 2.24) is 15.0 Å². The fourth-order valence-corrected chi connectivity index (χ4v) is 3.47. The Kier molecular flexibility index (Phi) is 3.86. The predicted octanol–water partition coefficient (Wildman–Crippen LogP) is 3.89. The Morgan fingerprint density at radius 3 is 2.68 bits per heavy atom. The van der Waals surface area contributed by atoms with Gasteiger partial charge in [0.25, 0.3) is 0 Å². The topological polar surface area (TPSA) is 38.7 Å². The summed E-state index contributed by atoms with van der Waals surface area (Å²) in [6.07, 6.45) is 7.00. The molecule has 3 rings (SSSR count). The SMILES string of the molecule is c1ccc(CSc2cnc(-c3cnccn3)s2)cc1. The monoisotopic (exact) mass is 285 g/mol. The van der Waals surface area contributed by atoms with Crippen LogP contribution in [-0.2, 0) is 5.75 Å². The van der Waals surface area contributed by atoms with Crippen LogP contribution in [0.25, 0.3) is 10.7 Å². The maximum Gasteiger partial charge on any atom is 0.144 e. The number of nitrogens with zero attached hydrogens (tertiary/aromatic N) is 3. The van der Waals surface area contributed by atoms with Crippen molar-refractivity contribution in [2.24, 2.45) is 0 Å².